The summed E-state index contributed by atoms with van der Waals surface area (Å²) in [6, 6.07) is 2.86. The number of carboxylic acid groups (broad SMARTS) is 1. The molecule has 1 aromatic carbocycles. The van der Waals surface area contributed by atoms with Crippen LogP contribution in [0.3, 0.4) is 0 Å². The Labute approximate surface area is 129 Å². The molecule has 0 saturated carbocycles. The standard InChI is InChI=1S/C14H19NO6S/c1-3-9(2)13(14(16)17)15-22(18,19)10-4-5-11-12(8-10)21-7-6-20-11/h4-5,8-9,13,15H,3,6-7H2,1-2H3,(H,16,17)/p-1/t9-,13-/m1/s1. The Balaban J connectivity index is 2.28. The smallest absolute Gasteiger partial charge is 0.241 e. The summed E-state index contributed by atoms with van der Waals surface area (Å²) in [4.78, 5) is 11.1. The molecule has 122 valence electrons. The topological polar surface area (TPSA) is 105 Å². The predicted octanol–water partition coefficient (Wildman–Crippen LogP) is -0.0993. The second kappa shape index (κ2) is 6.53. The third-order valence-electron chi connectivity index (χ3n) is 3.57. The van der Waals surface area contributed by atoms with Gasteiger partial charge < -0.3 is 19.4 Å². The Morgan fingerprint density at radius 3 is 2.55 bits per heavy atom. The van der Waals surface area contributed by atoms with Crippen molar-refractivity contribution in [2.24, 2.45) is 5.92 Å². The highest BCUT2D eigenvalue weighted by molar-refractivity contribution is 7.89. The van der Waals surface area contributed by atoms with Gasteiger partial charge in [-0.15, -0.1) is 0 Å². The zero-order valence-electron chi connectivity index (χ0n) is 12.4. The van der Waals surface area contributed by atoms with Gasteiger partial charge in [0.1, 0.15) is 13.2 Å². The number of hydrogen-bond donors (Lipinski definition) is 1. The van der Waals surface area contributed by atoms with E-state index in [9.17, 15) is 18.3 Å². The fourth-order valence-corrected chi connectivity index (χ4v) is 3.37. The molecule has 8 heteroatoms. The van der Waals surface area contributed by atoms with E-state index in [1.807, 2.05) is 0 Å². The first-order chi connectivity index (χ1) is 10.3. The van der Waals surface area contributed by atoms with Crippen LogP contribution in [-0.2, 0) is 14.8 Å². The van der Waals surface area contributed by atoms with Crippen LogP contribution < -0.4 is 19.3 Å². The Morgan fingerprint density at radius 2 is 1.95 bits per heavy atom. The summed E-state index contributed by atoms with van der Waals surface area (Å²) < 4.78 is 37.5. The van der Waals surface area contributed by atoms with E-state index in [0.717, 1.165) is 0 Å². The first kappa shape index (κ1) is 16.6. The van der Waals surface area contributed by atoms with Gasteiger partial charge in [-0.1, -0.05) is 20.3 Å². The van der Waals surface area contributed by atoms with Crippen LogP contribution in [0, 0.1) is 5.92 Å². The minimum absolute atomic E-state index is 0.0775. The minimum atomic E-state index is -4.00. The Morgan fingerprint density at radius 1 is 1.32 bits per heavy atom. The molecule has 0 bridgehead atoms. The van der Waals surface area contributed by atoms with E-state index in [0.29, 0.717) is 31.1 Å². The third kappa shape index (κ3) is 3.50. The molecule has 1 aliphatic rings. The van der Waals surface area contributed by atoms with Gasteiger partial charge in [0.2, 0.25) is 10.0 Å². The lowest BCUT2D eigenvalue weighted by atomic mass is 10.0. The average molecular weight is 328 g/mol. The number of ether oxygens (including phenoxy) is 2. The Hall–Kier alpha value is -1.80. The van der Waals surface area contributed by atoms with Crippen LogP contribution in [0.2, 0.25) is 0 Å². The van der Waals surface area contributed by atoms with Crippen molar-refractivity contribution in [3.63, 3.8) is 0 Å². The van der Waals surface area contributed by atoms with Crippen molar-refractivity contribution in [3.05, 3.63) is 18.2 Å². The van der Waals surface area contributed by atoms with Crippen molar-refractivity contribution < 1.29 is 27.8 Å². The summed E-state index contributed by atoms with van der Waals surface area (Å²) in [6.07, 6.45) is 0.502. The van der Waals surface area contributed by atoms with E-state index in [4.69, 9.17) is 9.47 Å². The highest BCUT2D eigenvalue weighted by Crippen LogP contribution is 2.32. The number of carboxylic acids is 1. The maximum atomic E-state index is 12.4. The van der Waals surface area contributed by atoms with E-state index >= 15 is 0 Å². The van der Waals surface area contributed by atoms with Crippen LogP contribution in [-0.4, -0.2) is 33.6 Å². The lowest BCUT2D eigenvalue weighted by molar-refractivity contribution is -0.309. The second-order valence-corrected chi connectivity index (χ2v) is 6.82. The summed E-state index contributed by atoms with van der Waals surface area (Å²) >= 11 is 0. The monoisotopic (exact) mass is 328 g/mol. The fourth-order valence-electron chi connectivity index (χ4n) is 2.06. The van der Waals surface area contributed by atoms with Gasteiger partial charge in [0.05, 0.1) is 16.9 Å². The molecule has 0 spiro atoms. The first-order valence-electron chi connectivity index (χ1n) is 6.98. The molecule has 0 radical (unpaired) electrons. The van der Waals surface area contributed by atoms with E-state index in [-0.39, 0.29) is 4.90 Å². The largest absolute Gasteiger partial charge is 0.548 e. The molecule has 0 saturated heterocycles. The molecular formula is C14H18NO6S-. The molecule has 2 atom stereocenters. The fraction of sp³-hybridized carbons (Fsp3) is 0.500. The van der Waals surface area contributed by atoms with E-state index in [1.165, 1.54) is 18.2 Å². The van der Waals surface area contributed by atoms with Crippen LogP contribution in [0.15, 0.2) is 23.1 Å². The quantitative estimate of drug-likeness (QED) is 0.782. The van der Waals surface area contributed by atoms with Gasteiger partial charge in [0, 0.05) is 6.07 Å². The van der Waals surface area contributed by atoms with Gasteiger partial charge in [-0.25, -0.2) is 13.1 Å². The van der Waals surface area contributed by atoms with Gasteiger partial charge >= 0.3 is 0 Å². The summed E-state index contributed by atoms with van der Waals surface area (Å²) in [5.74, 6) is -1.06. The lowest BCUT2D eigenvalue weighted by Gasteiger charge is -2.25. The van der Waals surface area contributed by atoms with Crippen molar-refractivity contribution >= 4 is 16.0 Å². The number of hydrogen-bond acceptors (Lipinski definition) is 6. The molecule has 2 rings (SSSR count). The zero-order valence-corrected chi connectivity index (χ0v) is 13.2. The summed E-state index contributed by atoms with van der Waals surface area (Å²) in [7, 11) is -4.00. The van der Waals surface area contributed by atoms with Crippen LogP contribution >= 0.6 is 0 Å². The molecule has 22 heavy (non-hydrogen) atoms. The third-order valence-corrected chi connectivity index (χ3v) is 5.01. The number of carbonyl (C=O) groups excluding carboxylic acids is 1. The van der Waals surface area contributed by atoms with Gasteiger partial charge in [0.25, 0.3) is 0 Å². The Bertz CT molecular complexity index is 657. The number of aliphatic carboxylic acids is 1. The van der Waals surface area contributed by atoms with Crippen molar-refractivity contribution in [1.29, 1.82) is 0 Å². The van der Waals surface area contributed by atoms with E-state index in [2.05, 4.69) is 4.72 Å². The summed E-state index contributed by atoms with van der Waals surface area (Å²) in [5.41, 5.74) is 0. The van der Waals surface area contributed by atoms with Crippen molar-refractivity contribution in [2.45, 2.75) is 31.2 Å². The average Bonchev–Trinajstić information content (AvgIpc) is 2.51. The molecule has 1 aliphatic heterocycles. The van der Waals surface area contributed by atoms with Crippen molar-refractivity contribution in [1.82, 2.24) is 4.72 Å². The molecule has 1 heterocycles. The number of benzene rings is 1. The normalized spacial score (nSPS) is 16.8. The number of rotatable bonds is 6. The van der Waals surface area contributed by atoms with Crippen LogP contribution in [0.25, 0.3) is 0 Å². The molecule has 1 N–H and O–H groups in total. The number of fused-ring (bicyclic) bond motifs is 1. The molecule has 7 nitrogen and oxygen atoms in total. The van der Waals surface area contributed by atoms with Crippen LogP contribution in [0.1, 0.15) is 20.3 Å². The van der Waals surface area contributed by atoms with Crippen molar-refractivity contribution in [3.8, 4) is 11.5 Å². The molecule has 1 aromatic rings. The molecule has 0 aromatic heterocycles. The van der Waals surface area contributed by atoms with Crippen LogP contribution in [0.4, 0.5) is 0 Å². The highest BCUT2D eigenvalue weighted by atomic mass is 32.2. The van der Waals surface area contributed by atoms with Crippen LogP contribution in [0.5, 0.6) is 11.5 Å². The maximum Gasteiger partial charge on any atom is 0.241 e. The number of nitrogens with one attached hydrogen (secondary N) is 1. The molecule has 0 aliphatic carbocycles. The van der Waals surface area contributed by atoms with Crippen molar-refractivity contribution in [2.75, 3.05) is 13.2 Å². The minimum Gasteiger partial charge on any atom is -0.548 e. The zero-order chi connectivity index (χ0) is 16.3. The number of sulfonamides is 1. The SMILES string of the molecule is CC[C@@H](C)[C@@H](NS(=O)(=O)c1ccc2c(c1)OCCO2)C(=O)[O-]. The Kier molecular flexibility index (Phi) is 4.92. The molecule has 0 amide bonds. The summed E-state index contributed by atoms with van der Waals surface area (Å²) in [5, 5.41) is 11.2. The molecule has 0 fully saturated rings. The number of carbonyl (C=O) groups is 1. The highest BCUT2D eigenvalue weighted by Gasteiger charge is 2.26. The molecular weight excluding hydrogens is 310 g/mol. The van der Waals surface area contributed by atoms with Gasteiger partial charge in [-0.05, 0) is 18.1 Å². The van der Waals surface area contributed by atoms with Gasteiger partial charge in [0.15, 0.2) is 11.5 Å². The summed E-state index contributed by atoms with van der Waals surface area (Å²) in [6.45, 7) is 4.16. The second-order valence-electron chi connectivity index (χ2n) is 5.11. The first-order valence-corrected chi connectivity index (χ1v) is 8.46. The predicted molar refractivity (Wildman–Crippen MR) is 76.0 cm³/mol. The molecule has 0 unspecified atom stereocenters. The lowest BCUT2D eigenvalue weighted by Crippen LogP contribution is -2.51. The van der Waals surface area contributed by atoms with E-state index in [1.54, 1.807) is 13.8 Å². The van der Waals surface area contributed by atoms with Gasteiger partial charge in [-0.2, -0.15) is 0 Å². The van der Waals surface area contributed by atoms with E-state index < -0.39 is 28.0 Å². The van der Waals surface area contributed by atoms with Gasteiger partial charge in [-0.3, -0.25) is 0 Å². The maximum absolute atomic E-state index is 12.4.